The molecular weight excluding hydrogens is 288 g/mol. The second-order valence-corrected chi connectivity index (χ2v) is 5.68. The van der Waals surface area contributed by atoms with E-state index in [1.54, 1.807) is 23.5 Å². The highest BCUT2D eigenvalue weighted by atomic mass is 32.1. The first-order chi connectivity index (χ1) is 10.2. The number of carbonyl (C=O) groups excluding carboxylic acids is 2. The van der Waals surface area contributed by atoms with Crippen molar-refractivity contribution in [2.45, 2.75) is 19.1 Å². The Morgan fingerprint density at radius 1 is 1.29 bits per heavy atom. The number of nitrogens with one attached hydrogen (secondary N) is 2. The van der Waals surface area contributed by atoms with Gasteiger partial charge in [-0.15, -0.1) is 11.3 Å². The van der Waals surface area contributed by atoms with Crippen LogP contribution in [0.5, 0.6) is 5.75 Å². The Hall–Kier alpha value is -2.34. The molecule has 1 aromatic carbocycles. The lowest BCUT2D eigenvalue weighted by atomic mass is 10.1. The summed E-state index contributed by atoms with van der Waals surface area (Å²) in [4.78, 5) is 24.9. The molecule has 1 aliphatic heterocycles. The predicted octanol–water partition coefficient (Wildman–Crippen LogP) is 2.15. The van der Waals surface area contributed by atoms with Gasteiger partial charge >= 0.3 is 0 Å². The zero-order chi connectivity index (χ0) is 14.7. The van der Waals surface area contributed by atoms with Crippen LogP contribution in [-0.4, -0.2) is 17.9 Å². The van der Waals surface area contributed by atoms with Gasteiger partial charge in [0.05, 0.1) is 18.7 Å². The molecule has 2 heterocycles. The lowest BCUT2D eigenvalue weighted by Gasteiger charge is -2.25. The summed E-state index contributed by atoms with van der Waals surface area (Å²) in [6, 6.07) is 11.1. The molecule has 0 fully saturated rings. The highest BCUT2D eigenvalue weighted by Gasteiger charge is 2.29. The monoisotopic (exact) mass is 302 g/mol. The standard InChI is InChI=1S/C15H14N2O3S/c18-14(16-9-10-4-3-7-21-10)8-13-15(19)17-11-5-1-2-6-12(11)20-13/h1-7,13H,8-9H2,(H,16,18)(H,17,19)/t13-/m1/s1. The molecule has 0 aliphatic carbocycles. The average molecular weight is 302 g/mol. The van der Waals surface area contributed by atoms with Crippen LogP contribution in [0.4, 0.5) is 5.69 Å². The molecule has 3 rings (SSSR count). The predicted molar refractivity (Wildman–Crippen MR) is 80.3 cm³/mol. The van der Waals surface area contributed by atoms with E-state index in [-0.39, 0.29) is 18.2 Å². The van der Waals surface area contributed by atoms with E-state index in [1.807, 2.05) is 29.6 Å². The van der Waals surface area contributed by atoms with Crippen molar-refractivity contribution in [3.63, 3.8) is 0 Å². The number of para-hydroxylation sites is 2. The average Bonchev–Trinajstić information content (AvgIpc) is 2.99. The van der Waals surface area contributed by atoms with Crippen LogP contribution in [0.2, 0.25) is 0 Å². The number of ether oxygens (including phenoxy) is 1. The molecule has 2 amide bonds. The maximum Gasteiger partial charge on any atom is 0.266 e. The molecule has 1 aromatic heterocycles. The first-order valence-electron chi connectivity index (χ1n) is 6.58. The van der Waals surface area contributed by atoms with Gasteiger partial charge in [-0.3, -0.25) is 9.59 Å². The van der Waals surface area contributed by atoms with Gasteiger partial charge in [-0.25, -0.2) is 0 Å². The number of hydrogen-bond acceptors (Lipinski definition) is 4. The largest absolute Gasteiger partial charge is 0.478 e. The summed E-state index contributed by atoms with van der Waals surface area (Å²) in [5.41, 5.74) is 0.637. The van der Waals surface area contributed by atoms with Crippen molar-refractivity contribution in [2.24, 2.45) is 0 Å². The first-order valence-corrected chi connectivity index (χ1v) is 7.46. The molecule has 21 heavy (non-hydrogen) atoms. The molecule has 0 saturated carbocycles. The minimum atomic E-state index is -0.789. The van der Waals surface area contributed by atoms with Gasteiger partial charge in [-0.2, -0.15) is 0 Å². The lowest BCUT2D eigenvalue weighted by Crippen LogP contribution is -2.40. The maximum absolute atomic E-state index is 11.9. The van der Waals surface area contributed by atoms with E-state index in [9.17, 15) is 9.59 Å². The van der Waals surface area contributed by atoms with Crippen molar-refractivity contribution in [2.75, 3.05) is 5.32 Å². The number of rotatable bonds is 4. The van der Waals surface area contributed by atoms with Crippen LogP contribution in [0.25, 0.3) is 0 Å². The maximum atomic E-state index is 11.9. The van der Waals surface area contributed by atoms with Crippen molar-refractivity contribution in [3.05, 3.63) is 46.7 Å². The fraction of sp³-hybridized carbons (Fsp3) is 0.200. The number of thiophene rings is 1. The molecule has 2 aromatic rings. The Morgan fingerprint density at radius 3 is 2.95 bits per heavy atom. The molecule has 0 unspecified atom stereocenters. The Balaban J connectivity index is 1.57. The summed E-state index contributed by atoms with van der Waals surface area (Å²) in [6.07, 6.45) is -0.783. The number of anilines is 1. The summed E-state index contributed by atoms with van der Waals surface area (Å²) in [5.74, 6) is 0.0936. The van der Waals surface area contributed by atoms with Crippen molar-refractivity contribution in [1.82, 2.24) is 5.32 Å². The third-order valence-electron chi connectivity index (χ3n) is 3.12. The zero-order valence-corrected chi connectivity index (χ0v) is 12.0. The number of benzene rings is 1. The molecule has 108 valence electrons. The Bertz CT molecular complexity index is 655. The summed E-state index contributed by atoms with van der Waals surface area (Å²) < 4.78 is 5.58. The first kappa shape index (κ1) is 13.6. The van der Waals surface area contributed by atoms with Gasteiger partial charge in [-0.05, 0) is 23.6 Å². The van der Waals surface area contributed by atoms with Crippen molar-refractivity contribution >= 4 is 28.8 Å². The number of carbonyl (C=O) groups is 2. The third kappa shape index (κ3) is 3.22. The molecule has 0 saturated heterocycles. The van der Waals surface area contributed by atoms with E-state index in [2.05, 4.69) is 10.6 Å². The molecule has 1 aliphatic rings. The van der Waals surface area contributed by atoms with Gasteiger partial charge in [0.1, 0.15) is 5.75 Å². The fourth-order valence-electron chi connectivity index (χ4n) is 2.07. The zero-order valence-electron chi connectivity index (χ0n) is 11.2. The van der Waals surface area contributed by atoms with E-state index in [0.717, 1.165) is 4.88 Å². The Labute approximate surface area is 125 Å². The van der Waals surface area contributed by atoms with Crippen LogP contribution in [0, 0.1) is 0 Å². The molecule has 6 heteroatoms. The van der Waals surface area contributed by atoms with Crippen LogP contribution < -0.4 is 15.4 Å². The summed E-state index contributed by atoms with van der Waals surface area (Å²) in [6.45, 7) is 0.474. The summed E-state index contributed by atoms with van der Waals surface area (Å²) >= 11 is 1.58. The molecule has 0 radical (unpaired) electrons. The molecule has 1 atom stereocenters. The quantitative estimate of drug-likeness (QED) is 0.909. The second kappa shape index (κ2) is 5.97. The number of hydrogen-bond donors (Lipinski definition) is 2. The highest BCUT2D eigenvalue weighted by molar-refractivity contribution is 7.09. The normalized spacial score (nSPS) is 16.6. The van der Waals surface area contributed by atoms with Gasteiger partial charge in [-0.1, -0.05) is 18.2 Å². The lowest BCUT2D eigenvalue weighted by molar-refractivity contribution is -0.130. The van der Waals surface area contributed by atoms with E-state index < -0.39 is 6.10 Å². The summed E-state index contributed by atoms with van der Waals surface area (Å²) in [5, 5.41) is 7.49. The minimum Gasteiger partial charge on any atom is -0.478 e. The smallest absolute Gasteiger partial charge is 0.266 e. The molecular formula is C15H14N2O3S. The van der Waals surface area contributed by atoms with Crippen LogP contribution >= 0.6 is 11.3 Å². The van der Waals surface area contributed by atoms with Crippen molar-refractivity contribution in [3.8, 4) is 5.75 Å². The van der Waals surface area contributed by atoms with Crippen LogP contribution in [0.1, 0.15) is 11.3 Å². The highest BCUT2D eigenvalue weighted by Crippen LogP contribution is 2.29. The topological polar surface area (TPSA) is 67.4 Å². The van der Waals surface area contributed by atoms with E-state index in [1.165, 1.54) is 0 Å². The molecule has 0 bridgehead atoms. The SMILES string of the molecule is O=C(C[C@H]1Oc2ccccc2NC1=O)NCc1cccs1. The van der Waals surface area contributed by atoms with Crippen LogP contribution in [-0.2, 0) is 16.1 Å². The Kier molecular flexibility index (Phi) is 3.87. The third-order valence-corrected chi connectivity index (χ3v) is 3.99. The molecule has 5 nitrogen and oxygen atoms in total. The van der Waals surface area contributed by atoms with Gasteiger partial charge in [0, 0.05) is 4.88 Å². The van der Waals surface area contributed by atoms with E-state index in [4.69, 9.17) is 4.74 Å². The minimum absolute atomic E-state index is 0.00550. The summed E-state index contributed by atoms with van der Waals surface area (Å²) in [7, 11) is 0. The Morgan fingerprint density at radius 2 is 2.14 bits per heavy atom. The second-order valence-electron chi connectivity index (χ2n) is 4.65. The number of fused-ring (bicyclic) bond motifs is 1. The van der Waals surface area contributed by atoms with Crippen LogP contribution in [0.3, 0.4) is 0 Å². The number of amides is 2. The molecule has 0 spiro atoms. The van der Waals surface area contributed by atoms with Gasteiger partial charge < -0.3 is 15.4 Å². The van der Waals surface area contributed by atoms with Gasteiger partial charge in [0.15, 0.2) is 6.10 Å². The fourth-order valence-corrected chi connectivity index (χ4v) is 2.71. The van der Waals surface area contributed by atoms with Crippen LogP contribution in [0.15, 0.2) is 41.8 Å². The van der Waals surface area contributed by atoms with E-state index in [0.29, 0.717) is 18.0 Å². The molecule has 2 N–H and O–H groups in total. The van der Waals surface area contributed by atoms with Crippen molar-refractivity contribution < 1.29 is 14.3 Å². The van der Waals surface area contributed by atoms with Gasteiger partial charge in [0.25, 0.3) is 5.91 Å². The van der Waals surface area contributed by atoms with Crippen molar-refractivity contribution in [1.29, 1.82) is 0 Å². The van der Waals surface area contributed by atoms with E-state index >= 15 is 0 Å². The van der Waals surface area contributed by atoms with Gasteiger partial charge in [0.2, 0.25) is 5.91 Å².